The molecule has 5 heteroatoms. The number of aliphatic hydroxyl groups is 1. The fourth-order valence-electron chi connectivity index (χ4n) is 1.71. The molecule has 0 fully saturated rings. The van der Waals surface area contributed by atoms with Gasteiger partial charge in [0.2, 0.25) is 0 Å². The van der Waals surface area contributed by atoms with Crippen LogP contribution in [-0.2, 0) is 0 Å². The summed E-state index contributed by atoms with van der Waals surface area (Å²) in [4.78, 5) is 0. The topological polar surface area (TPSA) is 40.5 Å². The molecular formula is C15H11BrClFO2. The van der Waals surface area contributed by atoms with E-state index in [-0.39, 0.29) is 5.75 Å². The van der Waals surface area contributed by atoms with Crippen LogP contribution < -0.4 is 0 Å². The van der Waals surface area contributed by atoms with Gasteiger partial charge in [-0.2, -0.15) is 0 Å². The predicted octanol–water partition coefficient (Wildman–Crippen LogP) is 4.69. The Kier molecular flexibility index (Phi) is 4.81. The number of phenolic OH excluding ortho intramolecular Hbond substituents is 1. The number of hydrogen-bond donors (Lipinski definition) is 2. The van der Waals surface area contributed by atoms with Crippen molar-refractivity contribution in [1.29, 1.82) is 0 Å². The number of para-hydroxylation sites is 1. The highest BCUT2D eigenvalue weighted by atomic mass is 79.9. The lowest BCUT2D eigenvalue weighted by Gasteiger charge is -2.09. The minimum atomic E-state index is -1.04. The van der Waals surface area contributed by atoms with Gasteiger partial charge in [0.25, 0.3) is 0 Å². The highest BCUT2D eigenvalue weighted by molar-refractivity contribution is 9.10. The van der Waals surface area contributed by atoms with Crippen LogP contribution in [0.1, 0.15) is 17.2 Å². The summed E-state index contributed by atoms with van der Waals surface area (Å²) < 4.78 is 14.1. The molecule has 0 saturated carbocycles. The number of aromatic hydroxyl groups is 1. The van der Waals surface area contributed by atoms with Crippen molar-refractivity contribution in [2.45, 2.75) is 6.10 Å². The summed E-state index contributed by atoms with van der Waals surface area (Å²) in [5.41, 5.74) is 0.646. The summed E-state index contributed by atoms with van der Waals surface area (Å²) in [6.45, 7) is 0. The van der Waals surface area contributed by atoms with Gasteiger partial charge >= 0.3 is 0 Å². The predicted molar refractivity (Wildman–Crippen MR) is 81.2 cm³/mol. The van der Waals surface area contributed by atoms with Crippen LogP contribution in [0.4, 0.5) is 4.39 Å². The number of hydrogen-bond acceptors (Lipinski definition) is 2. The van der Waals surface area contributed by atoms with Crippen LogP contribution in [0, 0.1) is 5.82 Å². The van der Waals surface area contributed by atoms with E-state index in [1.54, 1.807) is 24.3 Å². The summed E-state index contributed by atoms with van der Waals surface area (Å²) >= 11 is 8.83. The molecule has 20 heavy (non-hydrogen) atoms. The Labute approximate surface area is 129 Å². The second kappa shape index (κ2) is 6.39. The summed E-state index contributed by atoms with van der Waals surface area (Å²) in [6, 6.07) is 9.22. The average Bonchev–Trinajstić information content (AvgIpc) is 2.40. The van der Waals surface area contributed by atoms with Crippen LogP contribution in [-0.4, -0.2) is 10.2 Å². The molecule has 2 rings (SSSR count). The Morgan fingerprint density at radius 1 is 1.25 bits per heavy atom. The molecule has 2 aromatic rings. The number of phenols is 1. The zero-order chi connectivity index (χ0) is 14.7. The highest BCUT2D eigenvalue weighted by Gasteiger charge is 2.11. The molecular weight excluding hydrogens is 347 g/mol. The molecule has 0 spiro atoms. The van der Waals surface area contributed by atoms with Crippen LogP contribution in [0.5, 0.6) is 5.75 Å². The second-order valence-electron chi connectivity index (χ2n) is 4.15. The van der Waals surface area contributed by atoms with Crippen LogP contribution in [0.2, 0.25) is 5.02 Å². The number of benzene rings is 2. The number of halogens is 3. The third-order valence-corrected chi connectivity index (χ3v) is 3.63. The average molecular weight is 358 g/mol. The molecule has 0 saturated heterocycles. The Hall–Kier alpha value is -1.36. The van der Waals surface area contributed by atoms with Gasteiger partial charge in [-0.15, -0.1) is 0 Å². The molecule has 0 aliphatic carbocycles. The molecule has 2 nitrogen and oxygen atoms in total. The smallest absolute Gasteiger partial charge is 0.135 e. The van der Waals surface area contributed by atoms with Crippen molar-refractivity contribution >= 4 is 33.6 Å². The first-order valence-electron chi connectivity index (χ1n) is 5.77. The molecule has 0 radical (unpaired) electrons. The normalized spacial score (nSPS) is 12.8. The van der Waals surface area contributed by atoms with Gasteiger partial charge in [0.05, 0.1) is 4.47 Å². The minimum absolute atomic E-state index is 0.0405. The van der Waals surface area contributed by atoms with E-state index in [0.717, 1.165) is 0 Å². The van der Waals surface area contributed by atoms with Gasteiger partial charge in [-0.05, 0) is 34.1 Å². The standard InChI is InChI=1S/C15H11BrClFO2/c16-12-3-1-2-11(15(12)20)14(19)7-5-9-4-6-10(17)8-13(9)18/h1-8,14,19-20H. The molecule has 1 unspecified atom stereocenters. The third kappa shape index (κ3) is 3.39. The lowest BCUT2D eigenvalue weighted by molar-refractivity contribution is 0.224. The Bertz CT molecular complexity index is 658. The molecule has 104 valence electrons. The van der Waals surface area contributed by atoms with E-state index in [0.29, 0.717) is 20.6 Å². The van der Waals surface area contributed by atoms with Gasteiger partial charge in [-0.25, -0.2) is 4.39 Å². The summed E-state index contributed by atoms with van der Waals surface area (Å²) in [5.74, 6) is -0.513. The van der Waals surface area contributed by atoms with Gasteiger partial charge in [0, 0.05) is 16.1 Å². The highest BCUT2D eigenvalue weighted by Crippen LogP contribution is 2.32. The Balaban J connectivity index is 2.24. The van der Waals surface area contributed by atoms with Gasteiger partial charge in [-0.1, -0.05) is 42.0 Å². The van der Waals surface area contributed by atoms with Crippen LogP contribution in [0.25, 0.3) is 6.08 Å². The first kappa shape index (κ1) is 15.0. The zero-order valence-corrected chi connectivity index (χ0v) is 12.6. The molecule has 0 bridgehead atoms. The lowest BCUT2D eigenvalue weighted by Crippen LogP contribution is -1.94. The van der Waals surface area contributed by atoms with Crippen molar-refractivity contribution in [3.05, 3.63) is 68.9 Å². The van der Waals surface area contributed by atoms with Crippen molar-refractivity contribution in [2.75, 3.05) is 0 Å². The van der Waals surface area contributed by atoms with Crippen LogP contribution >= 0.6 is 27.5 Å². The number of aliphatic hydroxyl groups excluding tert-OH is 1. The minimum Gasteiger partial charge on any atom is -0.506 e. The van der Waals surface area contributed by atoms with E-state index in [1.807, 2.05) is 0 Å². The molecule has 2 aromatic carbocycles. The molecule has 0 heterocycles. The lowest BCUT2D eigenvalue weighted by atomic mass is 10.1. The molecule has 0 aromatic heterocycles. The van der Waals surface area contributed by atoms with E-state index in [1.165, 1.54) is 24.3 Å². The van der Waals surface area contributed by atoms with Crippen molar-refractivity contribution in [3.8, 4) is 5.75 Å². The molecule has 0 aliphatic heterocycles. The maximum atomic E-state index is 13.6. The van der Waals surface area contributed by atoms with E-state index in [4.69, 9.17) is 11.6 Å². The van der Waals surface area contributed by atoms with Crippen LogP contribution in [0.15, 0.2) is 46.9 Å². The Morgan fingerprint density at radius 2 is 2.00 bits per heavy atom. The Morgan fingerprint density at radius 3 is 2.70 bits per heavy atom. The zero-order valence-electron chi connectivity index (χ0n) is 10.2. The molecule has 2 N–H and O–H groups in total. The third-order valence-electron chi connectivity index (χ3n) is 2.76. The quantitative estimate of drug-likeness (QED) is 0.836. The van der Waals surface area contributed by atoms with E-state index in [2.05, 4.69) is 15.9 Å². The van der Waals surface area contributed by atoms with Gasteiger partial charge in [0.1, 0.15) is 17.7 Å². The van der Waals surface area contributed by atoms with Crippen LogP contribution in [0.3, 0.4) is 0 Å². The van der Waals surface area contributed by atoms with Crippen molar-refractivity contribution < 1.29 is 14.6 Å². The van der Waals surface area contributed by atoms with Gasteiger partial charge in [0.15, 0.2) is 0 Å². The van der Waals surface area contributed by atoms with E-state index < -0.39 is 11.9 Å². The fraction of sp³-hybridized carbons (Fsp3) is 0.0667. The second-order valence-corrected chi connectivity index (χ2v) is 5.44. The maximum Gasteiger partial charge on any atom is 0.135 e. The van der Waals surface area contributed by atoms with Gasteiger partial charge in [-0.3, -0.25) is 0 Å². The summed E-state index contributed by atoms with van der Waals surface area (Å²) in [7, 11) is 0. The van der Waals surface area contributed by atoms with Crippen molar-refractivity contribution in [2.24, 2.45) is 0 Å². The van der Waals surface area contributed by atoms with E-state index >= 15 is 0 Å². The fourth-order valence-corrected chi connectivity index (χ4v) is 2.25. The van der Waals surface area contributed by atoms with E-state index in [9.17, 15) is 14.6 Å². The maximum absolute atomic E-state index is 13.6. The molecule has 0 aliphatic rings. The molecule has 0 amide bonds. The molecule has 1 atom stereocenters. The number of rotatable bonds is 3. The summed E-state index contributed by atoms with van der Waals surface area (Å²) in [5, 5.41) is 20.2. The van der Waals surface area contributed by atoms with Crippen molar-refractivity contribution in [3.63, 3.8) is 0 Å². The monoisotopic (exact) mass is 356 g/mol. The van der Waals surface area contributed by atoms with Gasteiger partial charge < -0.3 is 10.2 Å². The largest absolute Gasteiger partial charge is 0.506 e. The first-order chi connectivity index (χ1) is 9.49. The summed E-state index contributed by atoms with van der Waals surface area (Å²) in [6.07, 6.45) is 1.80. The SMILES string of the molecule is Oc1c(Br)cccc1C(O)C=Cc1ccc(Cl)cc1F. The van der Waals surface area contributed by atoms with Crippen molar-refractivity contribution in [1.82, 2.24) is 0 Å². The first-order valence-corrected chi connectivity index (χ1v) is 6.95.